The first-order chi connectivity index (χ1) is 15.5. The number of ether oxygens (including phenoxy) is 2. The van der Waals surface area contributed by atoms with Crippen LogP contribution in [0.3, 0.4) is 0 Å². The Morgan fingerprint density at radius 1 is 1.18 bits per heavy atom. The number of aromatic nitrogens is 1. The minimum atomic E-state index is -3.15. The van der Waals surface area contributed by atoms with Crippen molar-refractivity contribution in [1.29, 1.82) is 0 Å². The van der Waals surface area contributed by atoms with Crippen LogP contribution >= 0.6 is 0 Å². The Kier molecular flexibility index (Phi) is 5.81. The van der Waals surface area contributed by atoms with Crippen LogP contribution < -0.4 is 15.0 Å². The standard InChI is InChI=1S/C23H24F3N3O4/c1-22(2)14-10-13(19(30)28-23(3)6-8-32-9-7-23)4-5-16(14)29(20(22)31)17-11-18(33-21(25)26)27-12-15(17)24/h4-5,10-12,21H,6-9H2,1-3H3,(H,28,30). The molecule has 1 aromatic heterocycles. The van der Waals surface area contributed by atoms with Gasteiger partial charge in [-0.25, -0.2) is 9.37 Å². The highest BCUT2D eigenvalue weighted by Gasteiger charge is 2.46. The number of fused-ring (bicyclic) bond motifs is 1. The van der Waals surface area contributed by atoms with Gasteiger partial charge in [0.2, 0.25) is 11.8 Å². The van der Waals surface area contributed by atoms with Crippen molar-refractivity contribution in [3.63, 3.8) is 0 Å². The van der Waals surface area contributed by atoms with E-state index in [0.29, 0.717) is 42.9 Å². The third kappa shape index (κ3) is 4.27. The second-order valence-electron chi connectivity index (χ2n) is 8.98. The lowest BCUT2D eigenvalue weighted by Gasteiger charge is -2.34. The van der Waals surface area contributed by atoms with E-state index in [-0.39, 0.29) is 11.6 Å². The van der Waals surface area contributed by atoms with E-state index in [2.05, 4.69) is 15.0 Å². The second-order valence-corrected chi connectivity index (χ2v) is 8.98. The zero-order valence-electron chi connectivity index (χ0n) is 18.5. The number of nitrogens with zero attached hydrogens (tertiary/aromatic N) is 2. The number of hydrogen-bond donors (Lipinski definition) is 1. The number of anilines is 2. The van der Waals surface area contributed by atoms with Gasteiger partial charge in [-0.3, -0.25) is 14.5 Å². The van der Waals surface area contributed by atoms with Crippen LogP contribution in [0, 0.1) is 5.82 Å². The smallest absolute Gasteiger partial charge is 0.388 e. The lowest BCUT2D eigenvalue weighted by molar-refractivity contribution is -0.121. The number of nitrogens with one attached hydrogen (secondary N) is 1. The number of halogens is 3. The average Bonchev–Trinajstić information content (AvgIpc) is 2.95. The van der Waals surface area contributed by atoms with Gasteiger partial charge in [-0.2, -0.15) is 8.78 Å². The molecule has 2 aliphatic rings. The molecule has 4 rings (SSSR count). The molecular formula is C23H24F3N3O4. The monoisotopic (exact) mass is 463 g/mol. The van der Waals surface area contributed by atoms with Crippen LogP contribution in [-0.4, -0.2) is 42.2 Å². The molecule has 1 aromatic carbocycles. The first kappa shape index (κ1) is 23.0. The summed E-state index contributed by atoms with van der Waals surface area (Å²) in [5.74, 6) is -2.14. The molecule has 33 heavy (non-hydrogen) atoms. The van der Waals surface area contributed by atoms with E-state index in [0.717, 1.165) is 17.2 Å². The summed E-state index contributed by atoms with van der Waals surface area (Å²) in [5.41, 5.74) is -0.511. The predicted octanol–water partition coefficient (Wildman–Crippen LogP) is 4.08. The summed E-state index contributed by atoms with van der Waals surface area (Å²) < 4.78 is 49.5. The van der Waals surface area contributed by atoms with Crippen LogP contribution in [0.15, 0.2) is 30.5 Å². The van der Waals surface area contributed by atoms with Crippen molar-refractivity contribution in [1.82, 2.24) is 10.3 Å². The predicted molar refractivity (Wildman–Crippen MR) is 113 cm³/mol. The molecule has 1 saturated heterocycles. The quantitative estimate of drug-likeness (QED) is 0.723. The van der Waals surface area contributed by atoms with Gasteiger partial charge in [-0.15, -0.1) is 0 Å². The summed E-state index contributed by atoms with van der Waals surface area (Å²) in [5, 5.41) is 3.05. The summed E-state index contributed by atoms with van der Waals surface area (Å²) in [6.07, 6.45) is 2.10. The molecular weight excluding hydrogens is 439 g/mol. The summed E-state index contributed by atoms with van der Waals surface area (Å²) in [6.45, 7) is 3.25. The Labute approximate surface area is 188 Å². The molecule has 0 aliphatic carbocycles. The second kappa shape index (κ2) is 8.33. The molecule has 0 radical (unpaired) electrons. The van der Waals surface area contributed by atoms with E-state index >= 15 is 0 Å². The Hall–Kier alpha value is -3.14. The maximum atomic E-state index is 14.6. The molecule has 1 fully saturated rings. The van der Waals surface area contributed by atoms with Gasteiger partial charge in [0.1, 0.15) is 0 Å². The van der Waals surface area contributed by atoms with Gasteiger partial charge >= 0.3 is 6.61 Å². The molecule has 0 unspecified atom stereocenters. The molecule has 1 N–H and O–H groups in total. The highest BCUT2D eigenvalue weighted by Crippen LogP contribution is 2.46. The molecule has 2 aliphatic heterocycles. The van der Waals surface area contributed by atoms with Crippen molar-refractivity contribution in [3.05, 3.63) is 47.4 Å². The third-order valence-electron chi connectivity index (χ3n) is 6.18. The molecule has 0 saturated carbocycles. The molecule has 0 atom stereocenters. The molecule has 176 valence electrons. The van der Waals surface area contributed by atoms with Gasteiger partial charge in [0.05, 0.1) is 23.0 Å². The molecule has 3 heterocycles. The van der Waals surface area contributed by atoms with E-state index < -0.39 is 35.2 Å². The molecule has 2 amide bonds. The number of benzene rings is 1. The van der Waals surface area contributed by atoms with Crippen molar-refractivity contribution in [2.24, 2.45) is 0 Å². The van der Waals surface area contributed by atoms with Gasteiger partial charge in [0.25, 0.3) is 5.91 Å². The van der Waals surface area contributed by atoms with Crippen LogP contribution in [-0.2, 0) is 14.9 Å². The summed E-state index contributed by atoms with van der Waals surface area (Å²) in [7, 11) is 0. The third-order valence-corrected chi connectivity index (χ3v) is 6.18. The number of pyridine rings is 1. The highest BCUT2D eigenvalue weighted by atomic mass is 19.3. The zero-order valence-corrected chi connectivity index (χ0v) is 18.5. The largest absolute Gasteiger partial charge is 0.417 e. The zero-order chi connectivity index (χ0) is 24.0. The van der Waals surface area contributed by atoms with E-state index in [9.17, 15) is 22.8 Å². The fraction of sp³-hybridized carbons (Fsp3) is 0.435. The van der Waals surface area contributed by atoms with Crippen molar-refractivity contribution in [2.45, 2.75) is 51.2 Å². The lowest BCUT2D eigenvalue weighted by atomic mass is 9.85. The minimum absolute atomic E-state index is 0.260. The Bertz CT molecular complexity index is 1100. The normalized spacial score (nSPS) is 18.9. The number of hydrogen-bond acceptors (Lipinski definition) is 5. The number of amides is 2. The Morgan fingerprint density at radius 3 is 2.55 bits per heavy atom. The fourth-order valence-electron chi connectivity index (χ4n) is 4.15. The number of carbonyl (C=O) groups is 2. The van der Waals surface area contributed by atoms with Gasteiger partial charge in [0.15, 0.2) is 5.82 Å². The van der Waals surface area contributed by atoms with E-state index in [1.165, 1.54) is 0 Å². The number of carbonyl (C=O) groups excluding carboxylic acids is 2. The first-order valence-corrected chi connectivity index (χ1v) is 10.5. The van der Waals surface area contributed by atoms with Crippen molar-refractivity contribution in [2.75, 3.05) is 18.1 Å². The fourth-order valence-corrected chi connectivity index (χ4v) is 4.15. The average molecular weight is 463 g/mol. The molecule has 0 bridgehead atoms. The topological polar surface area (TPSA) is 80.8 Å². The maximum Gasteiger partial charge on any atom is 0.388 e. The van der Waals surface area contributed by atoms with Crippen LogP contribution in [0.25, 0.3) is 0 Å². The SMILES string of the molecule is CC1(NC(=O)c2ccc3c(c2)C(C)(C)C(=O)N3c2cc(OC(F)F)ncc2F)CCOCC1. The van der Waals surface area contributed by atoms with Crippen LogP contribution in [0.5, 0.6) is 5.88 Å². The van der Waals surface area contributed by atoms with E-state index in [4.69, 9.17) is 4.74 Å². The van der Waals surface area contributed by atoms with E-state index in [1.54, 1.807) is 32.0 Å². The van der Waals surface area contributed by atoms with E-state index in [1.807, 2.05) is 6.92 Å². The minimum Gasteiger partial charge on any atom is -0.417 e. The molecule has 0 spiro atoms. The van der Waals surface area contributed by atoms with Gasteiger partial charge < -0.3 is 14.8 Å². The lowest BCUT2D eigenvalue weighted by Crippen LogP contribution is -2.49. The van der Waals surface area contributed by atoms with Crippen molar-refractivity contribution in [3.8, 4) is 5.88 Å². The van der Waals surface area contributed by atoms with Gasteiger partial charge in [0, 0.05) is 30.4 Å². The van der Waals surface area contributed by atoms with Crippen molar-refractivity contribution < 1.29 is 32.2 Å². The van der Waals surface area contributed by atoms with Crippen molar-refractivity contribution >= 4 is 23.2 Å². The van der Waals surface area contributed by atoms with Gasteiger partial charge in [-0.1, -0.05) is 0 Å². The van der Waals surface area contributed by atoms with Gasteiger partial charge in [-0.05, 0) is 57.4 Å². The molecule has 10 heteroatoms. The molecule has 7 nitrogen and oxygen atoms in total. The van der Waals surface area contributed by atoms with Crippen LogP contribution in [0.4, 0.5) is 24.5 Å². The number of alkyl halides is 2. The maximum absolute atomic E-state index is 14.6. The summed E-state index contributed by atoms with van der Waals surface area (Å²) in [4.78, 5) is 30.8. The van der Waals surface area contributed by atoms with Crippen LogP contribution in [0.1, 0.15) is 49.5 Å². The molecule has 2 aromatic rings. The highest BCUT2D eigenvalue weighted by molar-refractivity contribution is 6.13. The summed E-state index contributed by atoms with van der Waals surface area (Å²) >= 11 is 0. The summed E-state index contributed by atoms with van der Waals surface area (Å²) in [6, 6.07) is 5.67. The van der Waals surface area contributed by atoms with Crippen LogP contribution in [0.2, 0.25) is 0 Å². The Morgan fingerprint density at radius 2 is 1.88 bits per heavy atom. The Balaban J connectivity index is 1.69. The number of rotatable bonds is 5. The first-order valence-electron chi connectivity index (χ1n) is 10.5.